The highest BCUT2D eigenvalue weighted by Crippen LogP contribution is 2.18. The normalized spacial score (nSPS) is 10.3. The number of hydrogen-bond acceptors (Lipinski definition) is 4. The van der Waals surface area contributed by atoms with Crippen LogP contribution >= 0.6 is 11.6 Å². The molecule has 106 valence electrons. The molecule has 1 N–H and O–H groups in total. The molecule has 0 saturated carbocycles. The molecule has 0 fully saturated rings. The van der Waals surface area contributed by atoms with Crippen LogP contribution in [-0.4, -0.2) is 16.6 Å². The third kappa shape index (κ3) is 4.38. The van der Waals surface area contributed by atoms with Gasteiger partial charge in [0.15, 0.2) is 0 Å². The van der Waals surface area contributed by atoms with Gasteiger partial charge in [-0.15, -0.1) is 0 Å². The first-order valence-corrected chi connectivity index (χ1v) is 7.09. The van der Waals surface area contributed by atoms with E-state index in [1.54, 1.807) is 18.5 Å². The molecule has 20 heavy (non-hydrogen) atoms. The lowest BCUT2D eigenvalue weighted by Gasteiger charge is -2.11. The maximum atomic E-state index is 5.85. The second-order valence-electron chi connectivity index (χ2n) is 4.39. The molecule has 2 rings (SSSR count). The average Bonchev–Trinajstić information content (AvgIpc) is 2.47. The fourth-order valence-electron chi connectivity index (χ4n) is 1.71. The minimum atomic E-state index is 0.473. The van der Waals surface area contributed by atoms with Crippen LogP contribution in [0, 0.1) is 0 Å². The van der Waals surface area contributed by atoms with Crippen LogP contribution in [0.5, 0.6) is 5.88 Å². The second kappa shape index (κ2) is 7.70. The lowest BCUT2D eigenvalue weighted by atomic mass is 10.2. The van der Waals surface area contributed by atoms with E-state index >= 15 is 0 Å². The summed E-state index contributed by atoms with van der Waals surface area (Å²) in [7, 11) is 0. The van der Waals surface area contributed by atoms with E-state index in [0.717, 1.165) is 24.1 Å². The molecule has 4 nitrogen and oxygen atoms in total. The SMILES string of the molecule is CCCCOc1ncccc1CNc1ccnc(Cl)c1. The number of ether oxygens (including phenoxy) is 1. The number of nitrogens with zero attached hydrogens (tertiary/aromatic N) is 2. The summed E-state index contributed by atoms with van der Waals surface area (Å²) in [4.78, 5) is 8.23. The smallest absolute Gasteiger partial charge is 0.218 e. The summed E-state index contributed by atoms with van der Waals surface area (Å²) < 4.78 is 5.70. The second-order valence-corrected chi connectivity index (χ2v) is 4.78. The fourth-order valence-corrected chi connectivity index (χ4v) is 1.89. The van der Waals surface area contributed by atoms with E-state index < -0.39 is 0 Å². The molecule has 5 heteroatoms. The molecule has 0 atom stereocenters. The van der Waals surface area contributed by atoms with Gasteiger partial charge in [-0.05, 0) is 24.6 Å². The van der Waals surface area contributed by atoms with E-state index in [1.165, 1.54) is 0 Å². The standard InChI is InChI=1S/C15H18ClN3O/c1-2-3-9-20-15-12(5-4-7-18-15)11-19-13-6-8-17-14(16)10-13/h4-8,10H,2-3,9,11H2,1H3,(H,17,19). The van der Waals surface area contributed by atoms with Crippen molar-refractivity contribution in [1.82, 2.24) is 9.97 Å². The maximum Gasteiger partial charge on any atom is 0.218 e. The average molecular weight is 292 g/mol. The van der Waals surface area contributed by atoms with Gasteiger partial charge in [0.05, 0.1) is 6.61 Å². The molecule has 0 aliphatic carbocycles. The van der Waals surface area contributed by atoms with E-state index in [9.17, 15) is 0 Å². The maximum absolute atomic E-state index is 5.85. The number of aromatic nitrogens is 2. The number of nitrogens with one attached hydrogen (secondary N) is 1. The molecule has 0 aromatic carbocycles. The van der Waals surface area contributed by atoms with E-state index in [1.807, 2.05) is 18.2 Å². The molecule has 2 aromatic heterocycles. The van der Waals surface area contributed by atoms with Crippen molar-refractivity contribution >= 4 is 17.3 Å². The quantitative estimate of drug-likeness (QED) is 0.620. The Bertz CT molecular complexity index is 548. The summed E-state index contributed by atoms with van der Waals surface area (Å²) in [5.41, 5.74) is 1.95. The molecule has 0 spiro atoms. The van der Waals surface area contributed by atoms with Crippen molar-refractivity contribution in [2.24, 2.45) is 0 Å². The summed E-state index contributed by atoms with van der Waals surface area (Å²) >= 11 is 5.85. The van der Waals surface area contributed by atoms with Gasteiger partial charge in [-0.25, -0.2) is 9.97 Å². The van der Waals surface area contributed by atoms with Crippen molar-refractivity contribution in [2.75, 3.05) is 11.9 Å². The number of anilines is 1. The van der Waals surface area contributed by atoms with Crippen molar-refractivity contribution in [2.45, 2.75) is 26.3 Å². The van der Waals surface area contributed by atoms with Gasteiger partial charge in [-0.1, -0.05) is 31.0 Å². The van der Waals surface area contributed by atoms with Gasteiger partial charge in [0.2, 0.25) is 5.88 Å². The van der Waals surface area contributed by atoms with E-state index in [-0.39, 0.29) is 0 Å². The topological polar surface area (TPSA) is 47.0 Å². The van der Waals surface area contributed by atoms with Gasteiger partial charge >= 0.3 is 0 Å². The largest absolute Gasteiger partial charge is 0.477 e. The minimum absolute atomic E-state index is 0.473. The number of pyridine rings is 2. The highest BCUT2D eigenvalue weighted by Gasteiger charge is 2.04. The zero-order chi connectivity index (χ0) is 14.2. The Hall–Kier alpha value is -1.81. The highest BCUT2D eigenvalue weighted by molar-refractivity contribution is 6.29. The molecule has 0 aliphatic rings. The van der Waals surface area contributed by atoms with Gasteiger partial charge < -0.3 is 10.1 Å². The molecule has 2 aromatic rings. The summed E-state index contributed by atoms with van der Waals surface area (Å²) in [6, 6.07) is 7.57. The summed E-state index contributed by atoms with van der Waals surface area (Å²) in [6.07, 6.45) is 5.56. The van der Waals surface area contributed by atoms with E-state index in [0.29, 0.717) is 24.2 Å². The Balaban J connectivity index is 1.98. The molecule has 0 amide bonds. The monoisotopic (exact) mass is 291 g/mol. The lowest BCUT2D eigenvalue weighted by molar-refractivity contribution is 0.295. The third-order valence-electron chi connectivity index (χ3n) is 2.80. The molecular weight excluding hydrogens is 274 g/mol. The van der Waals surface area contributed by atoms with Gasteiger partial charge in [0.25, 0.3) is 0 Å². The molecule has 0 unspecified atom stereocenters. The summed E-state index contributed by atoms with van der Waals surface area (Å²) in [6.45, 7) is 3.47. The van der Waals surface area contributed by atoms with Crippen LogP contribution in [0.3, 0.4) is 0 Å². The molecule has 0 bridgehead atoms. The van der Waals surface area contributed by atoms with Crippen LogP contribution in [0.25, 0.3) is 0 Å². The lowest BCUT2D eigenvalue weighted by Crippen LogP contribution is -2.06. The number of halogens is 1. The van der Waals surface area contributed by atoms with Crippen molar-refractivity contribution in [3.63, 3.8) is 0 Å². The minimum Gasteiger partial charge on any atom is -0.477 e. The predicted molar refractivity (Wildman–Crippen MR) is 81.2 cm³/mol. The molecule has 0 aliphatic heterocycles. The summed E-state index contributed by atoms with van der Waals surface area (Å²) in [5, 5.41) is 3.76. The first kappa shape index (κ1) is 14.6. The van der Waals surface area contributed by atoms with Crippen LogP contribution in [0.1, 0.15) is 25.3 Å². The highest BCUT2D eigenvalue weighted by atomic mass is 35.5. The van der Waals surface area contributed by atoms with Crippen molar-refractivity contribution in [1.29, 1.82) is 0 Å². The summed E-state index contributed by atoms with van der Waals surface area (Å²) in [5.74, 6) is 0.689. The first-order valence-electron chi connectivity index (χ1n) is 6.71. The van der Waals surface area contributed by atoms with Gasteiger partial charge in [0.1, 0.15) is 5.15 Å². The Morgan fingerprint density at radius 2 is 2.15 bits per heavy atom. The molecule has 0 radical (unpaired) electrons. The van der Waals surface area contributed by atoms with Crippen LogP contribution in [0.15, 0.2) is 36.7 Å². The fraction of sp³-hybridized carbons (Fsp3) is 0.333. The van der Waals surface area contributed by atoms with Crippen LogP contribution in [-0.2, 0) is 6.54 Å². The zero-order valence-corrected chi connectivity index (χ0v) is 12.2. The van der Waals surface area contributed by atoms with Crippen LogP contribution < -0.4 is 10.1 Å². The Kier molecular flexibility index (Phi) is 5.62. The van der Waals surface area contributed by atoms with Crippen molar-refractivity contribution in [3.8, 4) is 5.88 Å². The van der Waals surface area contributed by atoms with E-state index in [4.69, 9.17) is 16.3 Å². The predicted octanol–water partition coefficient (Wildman–Crippen LogP) is 3.92. The Labute approximate surface area is 124 Å². The number of hydrogen-bond donors (Lipinski definition) is 1. The van der Waals surface area contributed by atoms with Gasteiger partial charge in [-0.2, -0.15) is 0 Å². The van der Waals surface area contributed by atoms with Crippen molar-refractivity contribution < 1.29 is 4.74 Å². The molecular formula is C15H18ClN3O. The Morgan fingerprint density at radius 1 is 1.25 bits per heavy atom. The molecule has 0 saturated heterocycles. The zero-order valence-electron chi connectivity index (χ0n) is 11.5. The van der Waals surface area contributed by atoms with Crippen LogP contribution in [0.2, 0.25) is 5.15 Å². The van der Waals surface area contributed by atoms with Gasteiger partial charge in [-0.3, -0.25) is 0 Å². The number of unbranched alkanes of at least 4 members (excludes halogenated alkanes) is 1. The molecule has 2 heterocycles. The van der Waals surface area contributed by atoms with Gasteiger partial charge in [0, 0.05) is 30.2 Å². The first-order chi connectivity index (χ1) is 9.79. The van der Waals surface area contributed by atoms with Crippen molar-refractivity contribution in [3.05, 3.63) is 47.4 Å². The third-order valence-corrected chi connectivity index (χ3v) is 3.00. The van der Waals surface area contributed by atoms with Crippen LogP contribution in [0.4, 0.5) is 5.69 Å². The van der Waals surface area contributed by atoms with E-state index in [2.05, 4.69) is 22.2 Å². The Morgan fingerprint density at radius 3 is 2.95 bits per heavy atom. The number of rotatable bonds is 7.